The summed E-state index contributed by atoms with van der Waals surface area (Å²) in [5, 5.41) is 16.7. The highest BCUT2D eigenvalue weighted by atomic mass is 19.3. The van der Waals surface area contributed by atoms with E-state index < -0.39 is 12.2 Å². The monoisotopic (exact) mass is 550 g/mol. The molecule has 2 aromatic carbocycles. The van der Waals surface area contributed by atoms with Crippen LogP contribution in [0.5, 0.6) is 5.75 Å². The second kappa shape index (κ2) is 11.7. The predicted octanol–water partition coefficient (Wildman–Crippen LogP) is 4.20. The fourth-order valence-electron chi connectivity index (χ4n) is 5.38. The number of fused-ring (bicyclic) bond motifs is 1. The highest BCUT2D eigenvalue weighted by Crippen LogP contribution is 2.28. The summed E-state index contributed by atoms with van der Waals surface area (Å²) in [6.07, 6.45) is 0.942. The van der Waals surface area contributed by atoms with Gasteiger partial charge in [0.15, 0.2) is 5.82 Å². The van der Waals surface area contributed by atoms with Crippen LogP contribution in [0.2, 0.25) is 0 Å². The maximum Gasteiger partial charge on any atom is 0.296 e. The molecule has 0 spiro atoms. The minimum Gasteiger partial charge on any atom is -0.508 e. The van der Waals surface area contributed by atoms with Crippen molar-refractivity contribution in [1.29, 1.82) is 0 Å². The number of alkyl halides is 2. The van der Waals surface area contributed by atoms with E-state index in [4.69, 9.17) is 9.72 Å². The summed E-state index contributed by atoms with van der Waals surface area (Å²) in [4.78, 5) is 20.1. The highest BCUT2D eigenvalue weighted by Gasteiger charge is 2.26. The minimum absolute atomic E-state index is 0.115. The van der Waals surface area contributed by atoms with Crippen LogP contribution in [0, 0.1) is 0 Å². The maximum atomic E-state index is 14.1. The number of phenolic OH excluding ortho intramolecular Hbond substituents is 1. The first-order chi connectivity index (χ1) is 19.5. The summed E-state index contributed by atoms with van der Waals surface area (Å²) in [6.45, 7) is 2.98. The number of hydrogen-bond acceptors (Lipinski definition) is 9. The van der Waals surface area contributed by atoms with Gasteiger partial charge in [0.25, 0.3) is 6.43 Å². The van der Waals surface area contributed by atoms with Crippen molar-refractivity contribution in [2.75, 3.05) is 36.5 Å². The largest absolute Gasteiger partial charge is 0.508 e. The molecule has 210 valence electrons. The van der Waals surface area contributed by atoms with Gasteiger partial charge in [0, 0.05) is 31.7 Å². The fraction of sp³-hybridized carbons (Fsp3) is 0.429. The molecule has 1 saturated carbocycles. The van der Waals surface area contributed by atoms with Gasteiger partial charge < -0.3 is 25.4 Å². The third-order valence-electron chi connectivity index (χ3n) is 7.45. The van der Waals surface area contributed by atoms with Crippen LogP contribution in [-0.2, 0) is 11.3 Å². The number of phenols is 1. The fourth-order valence-corrected chi connectivity index (χ4v) is 5.38. The standard InChI is InChI=1S/C28H32F2N8O2/c29-24(30)25-33-22-6-1-2-7-23(22)38(25)28-35-26(34-27(36-28)37-12-14-40-15-13-37)32-20-10-8-19(9-11-20)31-17-18-4-3-5-21(39)16-18/h1-7,16,19-20,24,31,39H,8-15,17H2,(H,32,34,35,36)/t19-,20-. The van der Waals surface area contributed by atoms with Crippen molar-refractivity contribution in [3.63, 3.8) is 0 Å². The number of imidazole rings is 1. The Balaban J connectivity index is 1.22. The van der Waals surface area contributed by atoms with E-state index >= 15 is 0 Å². The lowest BCUT2D eigenvalue weighted by Gasteiger charge is -2.30. The van der Waals surface area contributed by atoms with Gasteiger partial charge in [-0.1, -0.05) is 24.3 Å². The van der Waals surface area contributed by atoms with Gasteiger partial charge in [-0.15, -0.1) is 0 Å². The molecule has 3 heterocycles. The molecule has 0 bridgehead atoms. The van der Waals surface area contributed by atoms with Crippen LogP contribution in [0.15, 0.2) is 48.5 Å². The minimum atomic E-state index is -2.80. The molecule has 0 unspecified atom stereocenters. The van der Waals surface area contributed by atoms with Crippen LogP contribution >= 0.6 is 0 Å². The summed E-state index contributed by atoms with van der Waals surface area (Å²) in [5.41, 5.74) is 2.02. The van der Waals surface area contributed by atoms with Gasteiger partial charge in [-0.25, -0.2) is 13.8 Å². The molecule has 0 amide bonds. The topological polar surface area (TPSA) is 113 Å². The van der Waals surface area contributed by atoms with Crippen molar-refractivity contribution in [3.8, 4) is 11.7 Å². The molecule has 2 aliphatic rings. The van der Waals surface area contributed by atoms with Gasteiger partial charge >= 0.3 is 0 Å². The number of halogens is 2. The summed E-state index contributed by atoms with van der Waals surface area (Å²) in [7, 11) is 0. The lowest BCUT2D eigenvalue weighted by Crippen LogP contribution is -2.38. The van der Waals surface area contributed by atoms with E-state index in [9.17, 15) is 13.9 Å². The van der Waals surface area contributed by atoms with E-state index in [1.807, 2.05) is 17.0 Å². The van der Waals surface area contributed by atoms with Crippen LogP contribution in [0.25, 0.3) is 17.0 Å². The molecule has 6 rings (SSSR count). The molecule has 1 saturated heterocycles. The van der Waals surface area contributed by atoms with Crippen molar-refractivity contribution in [2.24, 2.45) is 0 Å². The molecule has 1 aliphatic carbocycles. The van der Waals surface area contributed by atoms with Gasteiger partial charge in [0.05, 0.1) is 24.2 Å². The number of morpholine rings is 1. The van der Waals surface area contributed by atoms with E-state index in [1.54, 1.807) is 36.4 Å². The number of rotatable bonds is 8. The summed E-state index contributed by atoms with van der Waals surface area (Å²) < 4.78 is 35.0. The molecular formula is C28H32F2N8O2. The molecule has 40 heavy (non-hydrogen) atoms. The molecule has 2 fully saturated rings. The first-order valence-electron chi connectivity index (χ1n) is 13.7. The van der Waals surface area contributed by atoms with Gasteiger partial charge in [-0.3, -0.25) is 4.57 Å². The Morgan fingerprint density at radius 2 is 1.65 bits per heavy atom. The Kier molecular flexibility index (Phi) is 7.69. The molecule has 2 aromatic heterocycles. The zero-order valence-corrected chi connectivity index (χ0v) is 22.0. The summed E-state index contributed by atoms with van der Waals surface area (Å²) in [6, 6.07) is 14.8. The first-order valence-corrected chi connectivity index (χ1v) is 13.7. The van der Waals surface area contributed by atoms with Crippen LogP contribution in [0.1, 0.15) is 43.5 Å². The Morgan fingerprint density at radius 1 is 0.900 bits per heavy atom. The summed E-state index contributed by atoms with van der Waals surface area (Å²) >= 11 is 0. The van der Waals surface area contributed by atoms with Crippen LogP contribution in [-0.4, -0.2) is 68.0 Å². The number of benzene rings is 2. The molecule has 12 heteroatoms. The number of ether oxygens (including phenoxy) is 1. The van der Waals surface area contributed by atoms with Crippen molar-refractivity contribution < 1.29 is 18.6 Å². The van der Waals surface area contributed by atoms with Crippen molar-refractivity contribution in [2.45, 2.75) is 50.7 Å². The smallest absolute Gasteiger partial charge is 0.296 e. The zero-order chi connectivity index (χ0) is 27.5. The maximum absolute atomic E-state index is 14.1. The van der Waals surface area contributed by atoms with E-state index in [2.05, 4.69) is 25.6 Å². The van der Waals surface area contributed by atoms with Crippen LogP contribution in [0.4, 0.5) is 20.7 Å². The average molecular weight is 551 g/mol. The number of nitrogens with one attached hydrogen (secondary N) is 2. The second-order valence-electron chi connectivity index (χ2n) is 10.2. The second-order valence-corrected chi connectivity index (χ2v) is 10.2. The highest BCUT2D eigenvalue weighted by molar-refractivity contribution is 5.77. The van der Waals surface area contributed by atoms with E-state index in [-0.39, 0.29) is 17.7 Å². The van der Waals surface area contributed by atoms with Crippen LogP contribution in [0.3, 0.4) is 0 Å². The Hall–Kier alpha value is -3.90. The molecular weight excluding hydrogens is 518 g/mol. The molecule has 10 nitrogen and oxygen atoms in total. The van der Waals surface area contributed by atoms with Gasteiger partial charge in [-0.2, -0.15) is 15.0 Å². The molecule has 0 radical (unpaired) electrons. The van der Waals surface area contributed by atoms with Gasteiger partial charge in [0.1, 0.15) is 5.75 Å². The third-order valence-corrected chi connectivity index (χ3v) is 7.45. The van der Waals surface area contributed by atoms with Crippen molar-refractivity contribution in [3.05, 3.63) is 59.9 Å². The van der Waals surface area contributed by atoms with Gasteiger partial charge in [-0.05, 0) is 55.5 Å². The van der Waals surface area contributed by atoms with Crippen LogP contribution < -0.4 is 15.5 Å². The number of anilines is 2. The SMILES string of the molecule is Oc1cccc(CN[C@H]2CC[C@H](Nc3nc(N4CCOCC4)nc(-n4c(C(F)F)nc5ccccc54)n3)CC2)c1. The Labute approximate surface area is 230 Å². The van der Waals surface area contributed by atoms with E-state index in [1.165, 1.54) is 4.57 Å². The van der Waals surface area contributed by atoms with E-state index in [0.29, 0.717) is 61.8 Å². The molecule has 1 aliphatic heterocycles. The number of nitrogens with zero attached hydrogens (tertiary/aromatic N) is 6. The molecule has 3 N–H and O–H groups in total. The lowest BCUT2D eigenvalue weighted by atomic mass is 9.91. The quantitative estimate of drug-likeness (QED) is 0.297. The average Bonchev–Trinajstić information content (AvgIpc) is 3.38. The first kappa shape index (κ1) is 26.3. The van der Waals surface area contributed by atoms with E-state index in [0.717, 1.165) is 31.2 Å². The number of aromatic hydroxyl groups is 1. The Morgan fingerprint density at radius 3 is 2.42 bits per heavy atom. The van der Waals surface area contributed by atoms with Gasteiger partial charge in [0.2, 0.25) is 17.8 Å². The number of para-hydroxylation sites is 2. The summed E-state index contributed by atoms with van der Waals surface area (Å²) in [5.74, 6) is 0.773. The molecule has 4 aromatic rings. The lowest BCUT2D eigenvalue weighted by molar-refractivity contribution is 0.122. The third kappa shape index (κ3) is 5.82. The molecule has 0 atom stereocenters. The number of hydrogen-bond donors (Lipinski definition) is 3. The normalized spacial score (nSPS) is 19.8. The zero-order valence-electron chi connectivity index (χ0n) is 22.0. The van der Waals surface area contributed by atoms with Crippen molar-refractivity contribution >= 4 is 22.9 Å². The predicted molar refractivity (Wildman–Crippen MR) is 147 cm³/mol. The van der Waals surface area contributed by atoms with Crippen molar-refractivity contribution in [1.82, 2.24) is 29.8 Å². The Bertz CT molecular complexity index is 1450. The number of aromatic nitrogens is 5.